The highest BCUT2D eigenvalue weighted by molar-refractivity contribution is 7.16. The van der Waals surface area contributed by atoms with Crippen molar-refractivity contribution in [1.82, 2.24) is 4.90 Å². The molecule has 0 radical (unpaired) electrons. The van der Waals surface area contributed by atoms with Gasteiger partial charge in [-0.25, -0.2) is 0 Å². The molecule has 1 N–H and O–H groups in total. The van der Waals surface area contributed by atoms with E-state index in [0.29, 0.717) is 16.5 Å². The highest BCUT2D eigenvalue weighted by Gasteiger charge is 2.35. The SMILES string of the molecule is CN(Cc1ccc(Cl)s1)[C@@H]1c2cc(Cl)cc(Cl)c2C[C@@H]1O. The van der Waals surface area contributed by atoms with Crippen LogP contribution < -0.4 is 0 Å². The number of benzene rings is 1. The molecule has 0 aliphatic heterocycles. The molecular formula is C15H14Cl3NOS. The normalized spacial score (nSPS) is 21.0. The van der Waals surface area contributed by atoms with Crippen molar-refractivity contribution in [1.29, 1.82) is 0 Å². The van der Waals surface area contributed by atoms with Crippen LogP contribution in [0.1, 0.15) is 22.0 Å². The summed E-state index contributed by atoms with van der Waals surface area (Å²) in [4.78, 5) is 3.28. The van der Waals surface area contributed by atoms with Gasteiger partial charge < -0.3 is 5.11 Å². The molecule has 2 nitrogen and oxygen atoms in total. The first-order valence-electron chi connectivity index (χ1n) is 6.56. The van der Waals surface area contributed by atoms with E-state index in [9.17, 15) is 5.11 Å². The van der Waals surface area contributed by atoms with E-state index in [2.05, 4.69) is 4.90 Å². The first-order valence-corrected chi connectivity index (χ1v) is 8.51. The lowest BCUT2D eigenvalue weighted by molar-refractivity contribution is 0.0730. The van der Waals surface area contributed by atoms with Gasteiger partial charge in [-0.05, 0) is 42.4 Å². The van der Waals surface area contributed by atoms with Gasteiger partial charge in [-0.3, -0.25) is 4.90 Å². The molecule has 112 valence electrons. The Morgan fingerprint density at radius 2 is 2.05 bits per heavy atom. The fourth-order valence-electron chi connectivity index (χ4n) is 2.94. The molecule has 0 amide bonds. The van der Waals surface area contributed by atoms with E-state index in [-0.39, 0.29) is 6.04 Å². The number of fused-ring (bicyclic) bond motifs is 1. The van der Waals surface area contributed by atoms with Crippen LogP contribution in [0, 0.1) is 0 Å². The van der Waals surface area contributed by atoms with Crippen LogP contribution in [0.4, 0.5) is 0 Å². The second kappa shape index (κ2) is 6.07. The van der Waals surface area contributed by atoms with Crippen molar-refractivity contribution in [2.75, 3.05) is 7.05 Å². The third kappa shape index (κ3) is 3.09. The van der Waals surface area contributed by atoms with Crippen molar-refractivity contribution in [2.24, 2.45) is 0 Å². The van der Waals surface area contributed by atoms with Crippen molar-refractivity contribution >= 4 is 46.1 Å². The Kier molecular flexibility index (Phi) is 4.51. The Hall–Kier alpha value is -0.290. The van der Waals surface area contributed by atoms with Crippen molar-refractivity contribution in [3.8, 4) is 0 Å². The second-order valence-corrected chi connectivity index (χ2v) is 7.94. The zero-order valence-corrected chi connectivity index (χ0v) is 14.4. The van der Waals surface area contributed by atoms with Crippen LogP contribution in [0.5, 0.6) is 0 Å². The van der Waals surface area contributed by atoms with Crippen LogP contribution in [-0.2, 0) is 13.0 Å². The summed E-state index contributed by atoms with van der Waals surface area (Å²) in [6, 6.07) is 7.44. The Balaban J connectivity index is 1.89. The third-order valence-corrected chi connectivity index (χ3v) is 5.57. The quantitative estimate of drug-likeness (QED) is 0.848. The van der Waals surface area contributed by atoms with Gasteiger partial charge in [-0.15, -0.1) is 11.3 Å². The molecule has 2 aromatic rings. The van der Waals surface area contributed by atoms with Crippen molar-refractivity contribution in [3.05, 3.63) is 54.7 Å². The number of halogens is 3. The molecule has 1 aliphatic carbocycles. The number of hydrogen-bond acceptors (Lipinski definition) is 3. The maximum absolute atomic E-state index is 10.4. The van der Waals surface area contributed by atoms with Gasteiger partial charge >= 0.3 is 0 Å². The molecular weight excluding hydrogens is 349 g/mol. The minimum atomic E-state index is -0.476. The topological polar surface area (TPSA) is 23.5 Å². The molecule has 0 bridgehead atoms. The monoisotopic (exact) mass is 361 g/mol. The van der Waals surface area contributed by atoms with Gasteiger partial charge in [-0.1, -0.05) is 34.8 Å². The summed E-state index contributed by atoms with van der Waals surface area (Å²) in [6.07, 6.45) is 0.0855. The molecule has 6 heteroatoms. The van der Waals surface area contributed by atoms with E-state index in [4.69, 9.17) is 34.8 Å². The zero-order chi connectivity index (χ0) is 15.1. The van der Waals surface area contributed by atoms with Crippen LogP contribution in [-0.4, -0.2) is 23.2 Å². The smallest absolute Gasteiger partial charge is 0.0931 e. The second-order valence-electron chi connectivity index (χ2n) is 5.29. The van der Waals surface area contributed by atoms with Gasteiger partial charge in [0.1, 0.15) is 0 Å². The van der Waals surface area contributed by atoms with Gasteiger partial charge in [0.2, 0.25) is 0 Å². The minimum absolute atomic E-state index is 0.0999. The van der Waals surface area contributed by atoms with E-state index >= 15 is 0 Å². The van der Waals surface area contributed by atoms with Gasteiger partial charge in [0.25, 0.3) is 0 Å². The molecule has 0 saturated carbocycles. The highest BCUT2D eigenvalue weighted by atomic mass is 35.5. The number of rotatable bonds is 3. The number of nitrogens with zero attached hydrogens (tertiary/aromatic N) is 1. The fraction of sp³-hybridized carbons (Fsp3) is 0.333. The molecule has 0 fully saturated rings. The van der Waals surface area contributed by atoms with Crippen LogP contribution in [0.3, 0.4) is 0 Å². The van der Waals surface area contributed by atoms with E-state index in [1.807, 2.05) is 25.2 Å². The molecule has 21 heavy (non-hydrogen) atoms. The first kappa shape index (κ1) is 15.6. The van der Waals surface area contributed by atoms with E-state index < -0.39 is 6.10 Å². The van der Waals surface area contributed by atoms with E-state index in [0.717, 1.165) is 26.9 Å². The van der Waals surface area contributed by atoms with Crippen molar-refractivity contribution in [2.45, 2.75) is 25.1 Å². The molecule has 2 atom stereocenters. The Labute approximate surface area is 142 Å². The number of likely N-dealkylation sites (N-methyl/N-ethyl adjacent to an activating group) is 1. The lowest BCUT2D eigenvalue weighted by Gasteiger charge is -2.27. The maximum atomic E-state index is 10.4. The van der Waals surface area contributed by atoms with Crippen molar-refractivity contribution < 1.29 is 5.11 Å². The average Bonchev–Trinajstić information content (AvgIpc) is 2.92. The maximum Gasteiger partial charge on any atom is 0.0931 e. The predicted molar refractivity (Wildman–Crippen MR) is 89.7 cm³/mol. The van der Waals surface area contributed by atoms with E-state index in [1.165, 1.54) is 0 Å². The molecule has 0 saturated heterocycles. The fourth-order valence-corrected chi connectivity index (χ4v) is 4.68. The van der Waals surface area contributed by atoms with Gasteiger partial charge in [0, 0.05) is 27.9 Å². The molecule has 1 aromatic heterocycles. The average molecular weight is 363 g/mol. The summed E-state index contributed by atoms with van der Waals surface area (Å²) in [5, 5.41) is 11.6. The zero-order valence-electron chi connectivity index (χ0n) is 11.3. The number of aliphatic hydroxyl groups excluding tert-OH is 1. The summed E-state index contributed by atoms with van der Waals surface area (Å²) in [7, 11) is 1.99. The largest absolute Gasteiger partial charge is 0.391 e. The van der Waals surface area contributed by atoms with Gasteiger partial charge in [0.15, 0.2) is 0 Å². The summed E-state index contributed by atoms with van der Waals surface area (Å²) >= 11 is 19.9. The lowest BCUT2D eigenvalue weighted by atomic mass is 10.1. The predicted octanol–water partition coefficient (Wildman–Crippen LogP) is 4.80. The molecule has 3 rings (SSSR count). The molecule has 0 unspecified atom stereocenters. The van der Waals surface area contributed by atoms with Crippen LogP contribution in [0.2, 0.25) is 14.4 Å². The van der Waals surface area contributed by atoms with Crippen LogP contribution in [0.25, 0.3) is 0 Å². The van der Waals surface area contributed by atoms with Gasteiger partial charge in [0.05, 0.1) is 16.5 Å². The summed E-state index contributed by atoms with van der Waals surface area (Å²) in [6.45, 7) is 0.725. The van der Waals surface area contributed by atoms with Crippen LogP contribution >= 0.6 is 46.1 Å². The number of hydrogen-bond donors (Lipinski definition) is 1. The summed E-state index contributed by atoms with van der Waals surface area (Å²) < 4.78 is 0.775. The lowest BCUT2D eigenvalue weighted by Crippen LogP contribution is -2.30. The Morgan fingerprint density at radius 1 is 1.29 bits per heavy atom. The third-order valence-electron chi connectivity index (χ3n) is 3.80. The first-order chi connectivity index (χ1) is 9.95. The Bertz CT molecular complexity index is 673. The molecule has 1 aromatic carbocycles. The molecule has 1 aliphatic rings. The van der Waals surface area contributed by atoms with Gasteiger partial charge in [-0.2, -0.15) is 0 Å². The molecule has 0 spiro atoms. The standard InChI is InChI=1S/C15H14Cl3NOS/c1-19(7-9-2-3-14(18)21-9)15-11-4-8(16)5-12(17)10(11)6-13(15)20/h2-5,13,15,20H,6-7H2,1H3/t13-,15+/m0/s1. The number of aliphatic hydroxyl groups is 1. The molecule has 1 heterocycles. The van der Waals surface area contributed by atoms with Crippen LogP contribution in [0.15, 0.2) is 24.3 Å². The summed E-state index contributed by atoms with van der Waals surface area (Å²) in [5.41, 5.74) is 2.01. The summed E-state index contributed by atoms with van der Waals surface area (Å²) in [5.74, 6) is 0. The van der Waals surface area contributed by atoms with E-state index in [1.54, 1.807) is 17.4 Å². The Morgan fingerprint density at radius 3 is 2.71 bits per heavy atom. The highest BCUT2D eigenvalue weighted by Crippen LogP contribution is 2.41. The number of thiophene rings is 1. The van der Waals surface area contributed by atoms with Crippen molar-refractivity contribution in [3.63, 3.8) is 0 Å². The minimum Gasteiger partial charge on any atom is -0.391 e.